The van der Waals surface area contributed by atoms with Gasteiger partial charge in [-0.2, -0.15) is 4.99 Å². The smallest absolute Gasteiger partial charge is 0.262 e. The molecule has 4 rings (SSSR count). The maximum atomic E-state index is 12.9. The number of carbonyl (C=O) groups is 3. The number of piperazine rings is 1. The summed E-state index contributed by atoms with van der Waals surface area (Å²) in [6.45, 7) is 13.0. The van der Waals surface area contributed by atoms with Crippen molar-refractivity contribution < 1.29 is 14.4 Å². The van der Waals surface area contributed by atoms with Gasteiger partial charge in [-0.25, -0.2) is 0 Å². The van der Waals surface area contributed by atoms with Crippen LogP contribution in [-0.4, -0.2) is 88.7 Å². The Morgan fingerprint density at radius 2 is 1.69 bits per heavy atom. The molecule has 35 heavy (non-hydrogen) atoms. The van der Waals surface area contributed by atoms with Crippen LogP contribution in [-0.2, 0) is 9.59 Å². The lowest BCUT2D eigenvalue weighted by molar-refractivity contribution is -0.121. The van der Waals surface area contributed by atoms with Crippen molar-refractivity contribution in [3.63, 3.8) is 0 Å². The first-order valence-electron chi connectivity index (χ1n) is 12.6. The van der Waals surface area contributed by atoms with Crippen LogP contribution in [0.2, 0.25) is 0 Å². The Labute approximate surface area is 212 Å². The van der Waals surface area contributed by atoms with Crippen molar-refractivity contribution in [1.82, 2.24) is 14.7 Å². The minimum atomic E-state index is -0.464. The lowest BCUT2D eigenvalue weighted by Crippen LogP contribution is -2.49. The predicted octanol–water partition coefficient (Wildman–Crippen LogP) is 3.30. The number of thioether (sulfide) groups is 1. The normalized spacial score (nSPS) is 21.4. The number of rotatable bonds is 6. The summed E-state index contributed by atoms with van der Waals surface area (Å²) >= 11 is 1.39. The standard InChI is InChI=1S/C26H37N5O3S/c1-26(2,3)10-13-29-14-16-30(17-15-29)24(34)19-6-8-20(9-7-19)27-22(32)18-21-23(33)28-25(35-21)31-11-4-5-12-31/h6-9,21H,4-5,10-18H2,1-3H3,(H,27,32)/t21-/m1/s1. The van der Waals surface area contributed by atoms with Crippen LogP contribution in [0.4, 0.5) is 5.69 Å². The van der Waals surface area contributed by atoms with Crippen molar-refractivity contribution in [3.05, 3.63) is 29.8 Å². The predicted molar refractivity (Wildman–Crippen MR) is 141 cm³/mol. The zero-order valence-electron chi connectivity index (χ0n) is 21.1. The number of benzene rings is 1. The van der Waals surface area contributed by atoms with Crippen LogP contribution in [0, 0.1) is 5.41 Å². The summed E-state index contributed by atoms with van der Waals surface area (Å²) in [6, 6.07) is 7.02. The van der Waals surface area contributed by atoms with Crippen LogP contribution < -0.4 is 5.32 Å². The van der Waals surface area contributed by atoms with Crippen LogP contribution in [0.25, 0.3) is 0 Å². The van der Waals surface area contributed by atoms with E-state index in [2.05, 4.69) is 40.9 Å². The van der Waals surface area contributed by atoms with E-state index in [1.807, 2.05) is 4.90 Å². The minimum absolute atomic E-state index is 0.0258. The highest BCUT2D eigenvalue weighted by Crippen LogP contribution is 2.29. The van der Waals surface area contributed by atoms with Gasteiger partial charge in [-0.05, 0) is 55.5 Å². The molecule has 0 radical (unpaired) electrons. The monoisotopic (exact) mass is 499 g/mol. The van der Waals surface area contributed by atoms with E-state index in [0.29, 0.717) is 16.7 Å². The van der Waals surface area contributed by atoms with Gasteiger partial charge in [0.05, 0.1) is 0 Å². The highest BCUT2D eigenvalue weighted by atomic mass is 32.2. The van der Waals surface area contributed by atoms with Crippen molar-refractivity contribution in [2.24, 2.45) is 10.4 Å². The van der Waals surface area contributed by atoms with Crippen LogP contribution >= 0.6 is 11.8 Å². The van der Waals surface area contributed by atoms with E-state index in [4.69, 9.17) is 0 Å². The number of hydrogen-bond donors (Lipinski definition) is 1. The third-order valence-corrected chi connectivity index (χ3v) is 7.94. The maximum absolute atomic E-state index is 12.9. The van der Waals surface area contributed by atoms with Gasteiger partial charge >= 0.3 is 0 Å². The number of carbonyl (C=O) groups excluding carboxylic acids is 3. The number of anilines is 1. The Kier molecular flexibility index (Phi) is 8.16. The van der Waals surface area contributed by atoms with E-state index < -0.39 is 5.25 Å². The Bertz CT molecular complexity index is 958. The molecule has 1 N–H and O–H groups in total. The van der Waals surface area contributed by atoms with Gasteiger partial charge < -0.3 is 15.1 Å². The second-order valence-electron chi connectivity index (χ2n) is 10.8. The highest BCUT2D eigenvalue weighted by molar-refractivity contribution is 8.15. The number of hydrogen-bond acceptors (Lipinski definition) is 6. The second-order valence-corrected chi connectivity index (χ2v) is 12.0. The first-order chi connectivity index (χ1) is 16.7. The molecule has 0 aliphatic carbocycles. The molecule has 3 heterocycles. The van der Waals surface area contributed by atoms with Gasteiger partial charge in [-0.3, -0.25) is 19.3 Å². The number of likely N-dealkylation sites (tertiary alicyclic amines) is 1. The fourth-order valence-electron chi connectivity index (χ4n) is 4.48. The number of nitrogens with one attached hydrogen (secondary N) is 1. The summed E-state index contributed by atoms with van der Waals surface area (Å²) in [4.78, 5) is 48.3. The van der Waals surface area contributed by atoms with E-state index in [1.54, 1.807) is 24.3 Å². The molecular weight excluding hydrogens is 462 g/mol. The van der Waals surface area contributed by atoms with Gasteiger partial charge in [0.15, 0.2) is 5.17 Å². The summed E-state index contributed by atoms with van der Waals surface area (Å²) in [6.07, 6.45) is 3.47. The molecule has 2 fully saturated rings. The molecule has 8 nitrogen and oxygen atoms in total. The van der Waals surface area contributed by atoms with E-state index in [0.717, 1.165) is 70.2 Å². The van der Waals surface area contributed by atoms with E-state index in [-0.39, 0.29) is 24.1 Å². The Morgan fingerprint density at radius 1 is 1.03 bits per heavy atom. The van der Waals surface area contributed by atoms with Crippen LogP contribution in [0.3, 0.4) is 0 Å². The zero-order valence-corrected chi connectivity index (χ0v) is 21.9. The first-order valence-corrected chi connectivity index (χ1v) is 13.5. The summed E-state index contributed by atoms with van der Waals surface area (Å²) in [7, 11) is 0. The van der Waals surface area contributed by atoms with Gasteiger partial charge in [0.25, 0.3) is 11.8 Å². The van der Waals surface area contributed by atoms with Crippen LogP contribution in [0.5, 0.6) is 0 Å². The van der Waals surface area contributed by atoms with Crippen molar-refractivity contribution in [2.75, 3.05) is 51.1 Å². The largest absolute Gasteiger partial charge is 0.351 e. The zero-order chi connectivity index (χ0) is 25.0. The molecule has 0 unspecified atom stereocenters. The second kappa shape index (κ2) is 11.1. The molecule has 2 saturated heterocycles. The quantitative estimate of drug-likeness (QED) is 0.647. The molecule has 1 aromatic carbocycles. The molecule has 190 valence electrons. The molecule has 0 spiro atoms. The highest BCUT2D eigenvalue weighted by Gasteiger charge is 2.33. The average Bonchev–Trinajstić information content (AvgIpc) is 3.48. The number of aliphatic imine (C=N–C) groups is 1. The SMILES string of the molecule is CC(C)(C)CCN1CCN(C(=O)c2ccc(NC(=O)C[C@H]3SC(N4CCCC4)=NC3=O)cc2)CC1. The van der Waals surface area contributed by atoms with Gasteiger partial charge in [0, 0.05) is 56.9 Å². The summed E-state index contributed by atoms with van der Waals surface area (Å²) in [5.41, 5.74) is 1.56. The maximum Gasteiger partial charge on any atom is 0.262 e. The fourth-order valence-corrected chi connectivity index (χ4v) is 5.60. The Hall–Kier alpha value is -2.39. The number of nitrogens with zero attached hydrogens (tertiary/aromatic N) is 4. The average molecular weight is 500 g/mol. The molecule has 3 aliphatic rings. The van der Waals surface area contributed by atoms with Crippen molar-refractivity contribution in [1.29, 1.82) is 0 Å². The topological polar surface area (TPSA) is 85.3 Å². The summed E-state index contributed by atoms with van der Waals surface area (Å²) in [5, 5.41) is 3.14. The van der Waals surface area contributed by atoms with E-state index >= 15 is 0 Å². The molecular formula is C26H37N5O3S. The Balaban J connectivity index is 1.22. The van der Waals surface area contributed by atoms with Gasteiger partial charge in [-0.15, -0.1) is 0 Å². The molecule has 0 aromatic heterocycles. The van der Waals surface area contributed by atoms with E-state index in [9.17, 15) is 14.4 Å². The van der Waals surface area contributed by atoms with Gasteiger partial charge in [0.1, 0.15) is 5.25 Å². The number of amidine groups is 1. The van der Waals surface area contributed by atoms with Gasteiger partial charge in [-0.1, -0.05) is 32.5 Å². The lowest BCUT2D eigenvalue weighted by Gasteiger charge is -2.36. The molecule has 3 amide bonds. The fraction of sp³-hybridized carbons (Fsp3) is 0.615. The summed E-state index contributed by atoms with van der Waals surface area (Å²) < 4.78 is 0. The molecule has 3 aliphatic heterocycles. The third kappa shape index (κ3) is 7.07. The summed E-state index contributed by atoms with van der Waals surface area (Å²) in [5.74, 6) is -0.427. The van der Waals surface area contributed by atoms with Gasteiger partial charge in [0.2, 0.25) is 5.91 Å². The van der Waals surface area contributed by atoms with Crippen molar-refractivity contribution in [2.45, 2.75) is 51.7 Å². The van der Waals surface area contributed by atoms with Crippen LogP contribution in [0.15, 0.2) is 29.3 Å². The van der Waals surface area contributed by atoms with Crippen molar-refractivity contribution in [3.8, 4) is 0 Å². The molecule has 1 atom stereocenters. The lowest BCUT2D eigenvalue weighted by atomic mass is 9.92. The van der Waals surface area contributed by atoms with Crippen molar-refractivity contribution >= 4 is 40.3 Å². The Morgan fingerprint density at radius 3 is 2.31 bits per heavy atom. The molecule has 1 aromatic rings. The van der Waals surface area contributed by atoms with E-state index in [1.165, 1.54) is 11.8 Å². The van der Waals surface area contributed by atoms with Crippen LogP contribution in [0.1, 0.15) is 56.8 Å². The molecule has 0 bridgehead atoms. The molecule has 0 saturated carbocycles. The molecule has 9 heteroatoms. The third-order valence-electron chi connectivity index (χ3n) is 6.73. The first kappa shape index (κ1) is 25.7. The minimum Gasteiger partial charge on any atom is -0.351 e. The number of amides is 3.